The number of sulfonamides is 1. The Morgan fingerprint density at radius 3 is 2.18 bits per heavy atom. The Hall–Kier alpha value is -0.130. The summed E-state index contributed by atoms with van der Waals surface area (Å²) >= 11 is 0. The third kappa shape index (κ3) is 3.20. The molecule has 0 saturated carbocycles. The maximum atomic E-state index is 11.9. The fraction of sp³-hybridized carbons (Fsp3) is 1.00. The summed E-state index contributed by atoms with van der Waals surface area (Å²) in [6, 6.07) is 0.630. The van der Waals surface area contributed by atoms with Crippen LogP contribution in [0.15, 0.2) is 0 Å². The van der Waals surface area contributed by atoms with E-state index < -0.39 is 10.0 Å². The van der Waals surface area contributed by atoms with Crippen LogP contribution in [0.3, 0.4) is 0 Å². The molecule has 0 bridgehead atoms. The lowest BCUT2D eigenvalue weighted by molar-refractivity contribution is 0.168. The highest BCUT2D eigenvalue weighted by Gasteiger charge is 2.30. The number of likely N-dealkylation sites (tertiary alicyclic amines) is 1. The van der Waals surface area contributed by atoms with Gasteiger partial charge in [0, 0.05) is 19.1 Å². The first-order valence-electron chi connectivity index (χ1n) is 6.85. The van der Waals surface area contributed by atoms with Gasteiger partial charge in [0.25, 0.3) is 0 Å². The molecule has 0 radical (unpaired) electrons. The smallest absolute Gasteiger partial charge is 0.214 e. The standard InChI is InChI=1S/C12H24N2O2S/c1-2-11-17(15,16)14-9-5-12(6-10-14)13-7-3-4-8-13/h12H,2-11H2,1H3. The zero-order valence-corrected chi connectivity index (χ0v) is 11.6. The zero-order chi connectivity index (χ0) is 12.3. The molecule has 0 atom stereocenters. The van der Waals surface area contributed by atoms with E-state index in [1.807, 2.05) is 6.92 Å². The molecular weight excluding hydrogens is 236 g/mol. The second-order valence-corrected chi connectivity index (χ2v) is 7.28. The molecule has 0 amide bonds. The van der Waals surface area contributed by atoms with Crippen molar-refractivity contribution < 1.29 is 8.42 Å². The van der Waals surface area contributed by atoms with Crippen LogP contribution in [0.2, 0.25) is 0 Å². The minimum Gasteiger partial charge on any atom is -0.300 e. The van der Waals surface area contributed by atoms with Crippen molar-refractivity contribution in [2.45, 2.75) is 45.1 Å². The highest BCUT2D eigenvalue weighted by atomic mass is 32.2. The first kappa shape index (κ1) is 13.3. The van der Waals surface area contributed by atoms with Gasteiger partial charge in [-0.25, -0.2) is 12.7 Å². The number of piperidine rings is 1. The summed E-state index contributed by atoms with van der Waals surface area (Å²) in [5.74, 6) is 0.307. The molecule has 17 heavy (non-hydrogen) atoms. The van der Waals surface area contributed by atoms with Crippen molar-refractivity contribution in [2.24, 2.45) is 0 Å². The van der Waals surface area contributed by atoms with E-state index in [-0.39, 0.29) is 0 Å². The van der Waals surface area contributed by atoms with Gasteiger partial charge in [-0.05, 0) is 45.2 Å². The number of nitrogens with zero attached hydrogens (tertiary/aromatic N) is 2. The van der Waals surface area contributed by atoms with Crippen molar-refractivity contribution in [3.05, 3.63) is 0 Å². The van der Waals surface area contributed by atoms with Crippen molar-refractivity contribution in [1.29, 1.82) is 0 Å². The van der Waals surface area contributed by atoms with Gasteiger partial charge in [-0.3, -0.25) is 0 Å². The minimum atomic E-state index is -2.97. The van der Waals surface area contributed by atoms with Gasteiger partial charge in [0.1, 0.15) is 0 Å². The predicted molar refractivity (Wildman–Crippen MR) is 69.5 cm³/mol. The van der Waals surface area contributed by atoms with Crippen LogP contribution >= 0.6 is 0 Å². The fourth-order valence-corrected chi connectivity index (χ4v) is 4.52. The van der Waals surface area contributed by atoms with Crippen LogP contribution < -0.4 is 0 Å². The normalized spacial score (nSPS) is 25.5. The van der Waals surface area contributed by atoms with Crippen molar-refractivity contribution in [1.82, 2.24) is 9.21 Å². The van der Waals surface area contributed by atoms with Gasteiger partial charge in [0.05, 0.1) is 5.75 Å². The lowest BCUT2D eigenvalue weighted by Gasteiger charge is -2.36. The van der Waals surface area contributed by atoms with Gasteiger partial charge in [-0.15, -0.1) is 0 Å². The van der Waals surface area contributed by atoms with Crippen LogP contribution in [0.4, 0.5) is 0 Å². The van der Waals surface area contributed by atoms with Crippen LogP contribution in [-0.4, -0.2) is 55.6 Å². The Bertz CT molecular complexity index is 328. The summed E-state index contributed by atoms with van der Waals surface area (Å²) in [5.41, 5.74) is 0. The molecule has 2 saturated heterocycles. The number of hydrogen-bond donors (Lipinski definition) is 0. The Labute approximate surface area is 105 Å². The molecule has 100 valence electrons. The van der Waals surface area contributed by atoms with Gasteiger partial charge in [-0.1, -0.05) is 6.92 Å². The predicted octanol–water partition coefficient (Wildman–Crippen LogP) is 1.29. The molecule has 0 N–H and O–H groups in total. The topological polar surface area (TPSA) is 40.6 Å². The van der Waals surface area contributed by atoms with Crippen molar-refractivity contribution >= 4 is 10.0 Å². The zero-order valence-electron chi connectivity index (χ0n) is 10.8. The quantitative estimate of drug-likeness (QED) is 0.765. The van der Waals surface area contributed by atoms with Crippen molar-refractivity contribution in [3.63, 3.8) is 0 Å². The maximum absolute atomic E-state index is 11.9. The van der Waals surface area contributed by atoms with Gasteiger partial charge < -0.3 is 4.90 Å². The molecule has 0 aromatic rings. The maximum Gasteiger partial charge on any atom is 0.214 e. The van der Waals surface area contributed by atoms with Crippen LogP contribution in [0.1, 0.15) is 39.0 Å². The average molecular weight is 260 g/mol. The van der Waals surface area contributed by atoms with E-state index in [1.165, 1.54) is 25.9 Å². The van der Waals surface area contributed by atoms with E-state index in [9.17, 15) is 8.42 Å². The number of rotatable bonds is 4. The summed E-state index contributed by atoms with van der Waals surface area (Å²) in [5, 5.41) is 0. The first-order chi connectivity index (χ1) is 8.13. The molecule has 2 rings (SSSR count). The minimum absolute atomic E-state index is 0.307. The first-order valence-corrected chi connectivity index (χ1v) is 8.46. The molecule has 2 fully saturated rings. The van der Waals surface area contributed by atoms with Gasteiger partial charge in [0.2, 0.25) is 10.0 Å². The van der Waals surface area contributed by atoms with E-state index in [2.05, 4.69) is 4.90 Å². The van der Waals surface area contributed by atoms with Crippen molar-refractivity contribution in [2.75, 3.05) is 31.9 Å². The summed E-state index contributed by atoms with van der Waals surface area (Å²) < 4.78 is 25.5. The molecule has 2 heterocycles. The third-order valence-corrected chi connectivity index (χ3v) is 6.01. The average Bonchev–Trinajstić information content (AvgIpc) is 2.82. The summed E-state index contributed by atoms with van der Waals surface area (Å²) in [6.07, 6.45) is 5.38. The van der Waals surface area contributed by atoms with Crippen LogP contribution in [0.25, 0.3) is 0 Å². The lowest BCUT2D eigenvalue weighted by atomic mass is 10.1. The SMILES string of the molecule is CCCS(=O)(=O)N1CCC(N2CCCC2)CC1. The molecule has 0 spiro atoms. The molecule has 0 unspecified atom stereocenters. The van der Waals surface area contributed by atoms with Crippen LogP contribution in [-0.2, 0) is 10.0 Å². The molecule has 0 aliphatic carbocycles. The van der Waals surface area contributed by atoms with E-state index in [0.717, 1.165) is 25.9 Å². The second-order valence-electron chi connectivity index (χ2n) is 5.19. The highest BCUT2D eigenvalue weighted by molar-refractivity contribution is 7.89. The largest absolute Gasteiger partial charge is 0.300 e. The van der Waals surface area contributed by atoms with Gasteiger partial charge in [-0.2, -0.15) is 0 Å². The summed E-state index contributed by atoms with van der Waals surface area (Å²) in [4.78, 5) is 2.55. The Morgan fingerprint density at radius 1 is 1.06 bits per heavy atom. The van der Waals surface area contributed by atoms with Crippen LogP contribution in [0.5, 0.6) is 0 Å². The molecule has 2 aliphatic heterocycles. The third-order valence-electron chi connectivity index (χ3n) is 3.94. The second kappa shape index (κ2) is 5.67. The Morgan fingerprint density at radius 2 is 1.65 bits per heavy atom. The molecule has 0 aromatic carbocycles. The lowest BCUT2D eigenvalue weighted by Crippen LogP contribution is -2.46. The van der Waals surface area contributed by atoms with E-state index in [4.69, 9.17) is 0 Å². The Balaban J connectivity index is 1.85. The van der Waals surface area contributed by atoms with E-state index >= 15 is 0 Å². The van der Waals surface area contributed by atoms with E-state index in [1.54, 1.807) is 4.31 Å². The molecule has 4 nitrogen and oxygen atoms in total. The molecular formula is C12H24N2O2S. The monoisotopic (exact) mass is 260 g/mol. The van der Waals surface area contributed by atoms with Gasteiger partial charge >= 0.3 is 0 Å². The summed E-state index contributed by atoms with van der Waals surface area (Å²) in [7, 11) is -2.97. The fourth-order valence-electron chi connectivity index (χ4n) is 2.98. The Kier molecular flexibility index (Phi) is 4.44. The van der Waals surface area contributed by atoms with Crippen LogP contribution in [0, 0.1) is 0 Å². The highest BCUT2D eigenvalue weighted by Crippen LogP contribution is 2.22. The van der Waals surface area contributed by atoms with Gasteiger partial charge in [0.15, 0.2) is 0 Å². The molecule has 0 aromatic heterocycles. The molecule has 5 heteroatoms. The summed E-state index contributed by atoms with van der Waals surface area (Å²) in [6.45, 7) is 5.81. The van der Waals surface area contributed by atoms with E-state index in [0.29, 0.717) is 18.2 Å². The van der Waals surface area contributed by atoms with Crippen molar-refractivity contribution in [3.8, 4) is 0 Å². The molecule has 2 aliphatic rings. The number of hydrogen-bond acceptors (Lipinski definition) is 3.